The van der Waals surface area contributed by atoms with E-state index < -0.39 is 23.9 Å². The Morgan fingerprint density at radius 3 is 2.43 bits per heavy atom. The molecule has 3 aliphatic heterocycles. The van der Waals surface area contributed by atoms with Crippen molar-refractivity contribution < 1.29 is 33.4 Å². The van der Waals surface area contributed by atoms with Crippen molar-refractivity contribution in [1.29, 1.82) is 0 Å². The maximum atomic E-state index is 13.5. The van der Waals surface area contributed by atoms with Crippen molar-refractivity contribution in [3.05, 3.63) is 29.8 Å². The quantitative estimate of drug-likeness (QED) is 0.507. The number of methoxy groups -OCH3 is 1. The molecule has 0 unspecified atom stereocenters. The van der Waals surface area contributed by atoms with Crippen molar-refractivity contribution >= 4 is 23.6 Å². The third-order valence-electron chi connectivity index (χ3n) is 6.24. The van der Waals surface area contributed by atoms with E-state index in [-0.39, 0.29) is 50.5 Å². The van der Waals surface area contributed by atoms with E-state index in [1.165, 1.54) is 12.0 Å². The topological polar surface area (TPSA) is 127 Å². The molecule has 37 heavy (non-hydrogen) atoms. The van der Waals surface area contributed by atoms with E-state index in [1.807, 2.05) is 13.8 Å². The molecule has 2 bridgehead atoms. The van der Waals surface area contributed by atoms with E-state index in [1.54, 1.807) is 29.2 Å². The van der Waals surface area contributed by atoms with Crippen molar-refractivity contribution in [2.24, 2.45) is 5.92 Å². The highest BCUT2D eigenvalue weighted by Crippen LogP contribution is 2.16. The number of carbonyl (C=O) groups is 4. The molecule has 1 saturated heterocycles. The lowest BCUT2D eigenvalue weighted by molar-refractivity contribution is -0.142. The van der Waals surface area contributed by atoms with E-state index >= 15 is 0 Å². The number of nitrogens with zero attached hydrogens (tertiary/aromatic N) is 2. The second-order valence-electron chi connectivity index (χ2n) is 9.70. The van der Waals surface area contributed by atoms with E-state index in [4.69, 9.17) is 14.2 Å². The molecule has 0 saturated carbocycles. The molecule has 4 rings (SSSR count). The van der Waals surface area contributed by atoms with Gasteiger partial charge in [0, 0.05) is 33.2 Å². The first kappa shape index (κ1) is 28.4. The number of rotatable bonds is 6. The van der Waals surface area contributed by atoms with Gasteiger partial charge in [-0.1, -0.05) is 26.0 Å². The molecule has 1 aromatic carbocycles. The van der Waals surface area contributed by atoms with Gasteiger partial charge in [-0.2, -0.15) is 0 Å². The third-order valence-corrected chi connectivity index (χ3v) is 6.24. The minimum Gasteiger partial charge on any atom is -0.484 e. The molecule has 0 aromatic heterocycles. The average Bonchev–Trinajstić information content (AvgIpc) is 2.88. The number of hydrogen-bond acceptors (Lipinski definition) is 7. The summed E-state index contributed by atoms with van der Waals surface area (Å²) in [6.45, 7) is 5.54. The Kier molecular flexibility index (Phi) is 10.7. The van der Waals surface area contributed by atoms with Crippen LogP contribution >= 0.6 is 0 Å². The van der Waals surface area contributed by atoms with E-state index in [0.29, 0.717) is 38.5 Å². The first-order valence-electron chi connectivity index (χ1n) is 12.7. The molecule has 2 atom stereocenters. The Labute approximate surface area is 217 Å². The second-order valence-corrected chi connectivity index (χ2v) is 9.70. The highest BCUT2D eigenvalue weighted by atomic mass is 16.5. The van der Waals surface area contributed by atoms with Gasteiger partial charge in [0.05, 0.1) is 26.4 Å². The number of morpholine rings is 1. The van der Waals surface area contributed by atoms with Gasteiger partial charge in [0.15, 0.2) is 6.61 Å². The van der Waals surface area contributed by atoms with Gasteiger partial charge < -0.3 is 34.6 Å². The van der Waals surface area contributed by atoms with Crippen LogP contribution in [0, 0.1) is 5.92 Å². The fourth-order valence-corrected chi connectivity index (χ4v) is 4.34. The Morgan fingerprint density at radius 2 is 1.78 bits per heavy atom. The summed E-state index contributed by atoms with van der Waals surface area (Å²) >= 11 is 0. The van der Waals surface area contributed by atoms with Crippen LogP contribution in [0.15, 0.2) is 24.3 Å². The van der Waals surface area contributed by atoms with E-state index in [9.17, 15) is 19.2 Å². The fraction of sp³-hybridized carbons (Fsp3) is 0.615. The van der Waals surface area contributed by atoms with Crippen LogP contribution < -0.4 is 15.4 Å². The Hall–Kier alpha value is -3.18. The van der Waals surface area contributed by atoms with E-state index in [0.717, 1.165) is 5.56 Å². The van der Waals surface area contributed by atoms with Crippen molar-refractivity contribution in [2.45, 2.75) is 38.8 Å². The summed E-state index contributed by atoms with van der Waals surface area (Å²) in [7, 11) is 1.51. The molecule has 3 aliphatic rings. The van der Waals surface area contributed by atoms with Gasteiger partial charge in [0.25, 0.3) is 5.91 Å². The largest absolute Gasteiger partial charge is 0.484 e. The first-order valence-corrected chi connectivity index (χ1v) is 12.7. The van der Waals surface area contributed by atoms with Crippen LogP contribution in [0.3, 0.4) is 0 Å². The zero-order valence-electron chi connectivity index (χ0n) is 21.9. The summed E-state index contributed by atoms with van der Waals surface area (Å²) < 4.78 is 16.1. The molecule has 3 heterocycles. The van der Waals surface area contributed by atoms with Crippen LogP contribution in [0.4, 0.5) is 0 Å². The number of carbonyl (C=O) groups excluding carboxylic acids is 4. The molecule has 1 fully saturated rings. The van der Waals surface area contributed by atoms with Crippen LogP contribution in [0.5, 0.6) is 5.75 Å². The van der Waals surface area contributed by atoms with Crippen LogP contribution in [-0.4, -0.2) is 105 Å². The number of fused-ring (bicyclic) bond motifs is 13. The number of amides is 4. The average molecular weight is 519 g/mol. The van der Waals surface area contributed by atoms with Gasteiger partial charge in [-0.3, -0.25) is 19.2 Å². The standard InChI is InChI=1S/C26H38N4O7/c1-18(2)14-21-26(34)30(8-11-35-3)16-23(31)27-22(25(33)29-9-12-36-13-10-29)15-19-4-6-20(7-5-19)37-17-24(32)28-21/h4-7,18,21-22H,8-17H2,1-3H3,(H,27,31)(H,28,32)/t21-,22+/m0/s1. The zero-order valence-corrected chi connectivity index (χ0v) is 21.9. The van der Waals surface area contributed by atoms with Gasteiger partial charge in [-0.15, -0.1) is 0 Å². The minimum atomic E-state index is -0.832. The van der Waals surface area contributed by atoms with Gasteiger partial charge in [-0.05, 0) is 30.0 Å². The van der Waals surface area contributed by atoms with Gasteiger partial charge in [-0.25, -0.2) is 0 Å². The Balaban J connectivity index is 1.89. The number of benzene rings is 1. The number of hydrogen-bond donors (Lipinski definition) is 2. The maximum Gasteiger partial charge on any atom is 0.258 e. The normalized spacial score (nSPS) is 22.0. The summed E-state index contributed by atoms with van der Waals surface area (Å²) in [6, 6.07) is 5.41. The molecular weight excluding hydrogens is 480 g/mol. The lowest BCUT2D eigenvalue weighted by Crippen LogP contribution is -2.56. The van der Waals surface area contributed by atoms with Gasteiger partial charge in [0.1, 0.15) is 17.8 Å². The lowest BCUT2D eigenvalue weighted by Gasteiger charge is -2.32. The fourth-order valence-electron chi connectivity index (χ4n) is 4.34. The third kappa shape index (κ3) is 8.71. The molecule has 4 amide bonds. The highest BCUT2D eigenvalue weighted by Gasteiger charge is 2.31. The molecule has 204 valence electrons. The SMILES string of the molecule is COCCN1CC(=O)N[C@@H](C(=O)N2CCOCC2)Cc2ccc(cc2)OCC(=O)N[C@@H](CC(C)C)C1=O. The molecule has 2 N–H and O–H groups in total. The lowest BCUT2D eigenvalue weighted by atomic mass is 10.0. The minimum absolute atomic E-state index is 0.113. The summed E-state index contributed by atoms with van der Waals surface area (Å²) in [5.74, 6) is -0.875. The summed E-state index contributed by atoms with van der Waals surface area (Å²) in [6.07, 6.45) is 0.660. The van der Waals surface area contributed by atoms with Crippen LogP contribution in [0.2, 0.25) is 0 Å². The molecular formula is C26H38N4O7. The van der Waals surface area contributed by atoms with Crippen molar-refractivity contribution in [1.82, 2.24) is 20.4 Å². The smallest absolute Gasteiger partial charge is 0.258 e. The summed E-state index contributed by atoms with van der Waals surface area (Å²) in [5.41, 5.74) is 0.820. The molecule has 11 heteroatoms. The van der Waals surface area contributed by atoms with Gasteiger partial charge >= 0.3 is 0 Å². The predicted octanol–water partition coefficient (Wildman–Crippen LogP) is -0.0290. The first-order chi connectivity index (χ1) is 17.8. The highest BCUT2D eigenvalue weighted by molar-refractivity contribution is 5.93. The number of nitrogens with one attached hydrogen (secondary N) is 2. The zero-order chi connectivity index (χ0) is 26.8. The molecule has 0 spiro atoms. The van der Waals surface area contributed by atoms with Crippen LogP contribution in [0.1, 0.15) is 25.8 Å². The number of ether oxygens (including phenoxy) is 3. The molecule has 0 radical (unpaired) electrons. The van der Waals surface area contributed by atoms with Gasteiger partial charge in [0.2, 0.25) is 17.7 Å². The van der Waals surface area contributed by atoms with Crippen molar-refractivity contribution in [3.8, 4) is 5.75 Å². The predicted molar refractivity (Wildman–Crippen MR) is 135 cm³/mol. The Morgan fingerprint density at radius 1 is 1.08 bits per heavy atom. The monoisotopic (exact) mass is 518 g/mol. The van der Waals surface area contributed by atoms with Crippen molar-refractivity contribution in [3.63, 3.8) is 0 Å². The summed E-state index contributed by atoms with van der Waals surface area (Å²) in [5, 5.41) is 5.61. The van der Waals surface area contributed by atoms with Crippen molar-refractivity contribution in [2.75, 3.05) is 59.7 Å². The maximum absolute atomic E-state index is 13.5. The van der Waals surface area contributed by atoms with Crippen LogP contribution in [-0.2, 0) is 35.1 Å². The second kappa shape index (κ2) is 13.9. The summed E-state index contributed by atoms with van der Waals surface area (Å²) in [4.78, 5) is 55.7. The van der Waals surface area contributed by atoms with E-state index in [2.05, 4.69) is 10.6 Å². The van der Waals surface area contributed by atoms with Crippen LogP contribution in [0.25, 0.3) is 0 Å². The molecule has 11 nitrogen and oxygen atoms in total. The molecule has 1 aromatic rings. The Bertz CT molecular complexity index is 931. The molecule has 0 aliphatic carbocycles.